The minimum atomic E-state index is 0.382. The standard InChI is InChI=1S/C16H22N2O2/c1-5-11-9-12(6-7-14(11)19-4)15-13(8-10(2)3)18-20-16(15)17/h6-7,9-10H,5,8,17H2,1-4H3. The molecule has 0 atom stereocenters. The third-order valence-corrected chi connectivity index (χ3v) is 3.34. The number of aromatic nitrogens is 1. The van der Waals surface area contributed by atoms with Crippen LogP contribution in [0.5, 0.6) is 5.75 Å². The third kappa shape index (κ3) is 2.79. The van der Waals surface area contributed by atoms with Crippen LogP contribution < -0.4 is 10.5 Å². The van der Waals surface area contributed by atoms with Gasteiger partial charge in [-0.2, -0.15) is 0 Å². The summed E-state index contributed by atoms with van der Waals surface area (Å²) >= 11 is 0. The molecule has 1 aromatic heterocycles. The van der Waals surface area contributed by atoms with Crippen LogP contribution in [0.2, 0.25) is 0 Å². The molecule has 0 aliphatic heterocycles. The highest BCUT2D eigenvalue weighted by molar-refractivity contribution is 5.76. The zero-order valence-corrected chi connectivity index (χ0v) is 12.6. The van der Waals surface area contributed by atoms with Crippen molar-refractivity contribution in [1.29, 1.82) is 0 Å². The molecule has 20 heavy (non-hydrogen) atoms. The number of hydrogen-bond donors (Lipinski definition) is 1. The van der Waals surface area contributed by atoms with E-state index in [4.69, 9.17) is 15.0 Å². The second-order valence-electron chi connectivity index (χ2n) is 5.35. The lowest BCUT2D eigenvalue weighted by Gasteiger charge is -2.10. The van der Waals surface area contributed by atoms with Crippen LogP contribution in [0.15, 0.2) is 22.7 Å². The monoisotopic (exact) mass is 274 g/mol. The molecule has 0 aliphatic carbocycles. The third-order valence-electron chi connectivity index (χ3n) is 3.34. The number of benzene rings is 1. The summed E-state index contributed by atoms with van der Waals surface area (Å²) in [7, 11) is 1.69. The first kappa shape index (κ1) is 14.4. The molecule has 0 unspecified atom stereocenters. The van der Waals surface area contributed by atoms with Crippen molar-refractivity contribution in [2.75, 3.05) is 12.8 Å². The zero-order chi connectivity index (χ0) is 14.7. The van der Waals surface area contributed by atoms with Crippen molar-refractivity contribution in [1.82, 2.24) is 5.16 Å². The molecule has 1 aromatic carbocycles. The summed E-state index contributed by atoms with van der Waals surface area (Å²) in [6.45, 7) is 6.41. The summed E-state index contributed by atoms with van der Waals surface area (Å²) in [5, 5.41) is 4.10. The first-order valence-corrected chi connectivity index (χ1v) is 6.98. The van der Waals surface area contributed by atoms with Crippen LogP contribution in [-0.4, -0.2) is 12.3 Å². The number of methoxy groups -OCH3 is 1. The Labute approximate surface area is 119 Å². The molecule has 0 bridgehead atoms. The van der Waals surface area contributed by atoms with E-state index in [0.717, 1.165) is 41.0 Å². The molecule has 0 saturated heterocycles. The van der Waals surface area contributed by atoms with Gasteiger partial charge in [0.1, 0.15) is 5.75 Å². The summed E-state index contributed by atoms with van der Waals surface area (Å²) in [5.41, 5.74) is 9.98. The van der Waals surface area contributed by atoms with Crippen LogP contribution in [-0.2, 0) is 12.8 Å². The van der Waals surface area contributed by atoms with Crippen molar-refractivity contribution in [3.63, 3.8) is 0 Å². The van der Waals surface area contributed by atoms with Gasteiger partial charge >= 0.3 is 0 Å². The molecule has 2 rings (SSSR count). The molecule has 0 fully saturated rings. The zero-order valence-electron chi connectivity index (χ0n) is 12.6. The second-order valence-corrected chi connectivity index (χ2v) is 5.35. The smallest absolute Gasteiger partial charge is 0.230 e. The van der Waals surface area contributed by atoms with Gasteiger partial charge in [-0.1, -0.05) is 32.0 Å². The van der Waals surface area contributed by atoms with E-state index in [-0.39, 0.29) is 0 Å². The Hall–Kier alpha value is -1.97. The average Bonchev–Trinajstić information content (AvgIpc) is 2.78. The van der Waals surface area contributed by atoms with Crippen molar-refractivity contribution in [3.8, 4) is 16.9 Å². The number of ether oxygens (including phenoxy) is 1. The Morgan fingerprint density at radius 3 is 2.70 bits per heavy atom. The minimum Gasteiger partial charge on any atom is -0.496 e. The number of anilines is 1. The molecule has 4 heteroatoms. The summed E-state index contributed by atoms with van der Waals surface area (Å²) in [5.74, 6) is 1.78. The molecule has 4 nitrogen and oxygen atoms in total. The van der Waals surface area contributed by atoms with E-state index in [1.54, 1.807) is 7.11 Å². The number of rotatable bonds is 5. The Kier molecular flexibility index (Phi) is 4.32. The van der Waals surface area contributed by atoms with Crippen molar-refractivity contribution in [3.05, 3.63) is 29.5 Å². The molecular formula is C16H22N2O2. The van der Waals surface area contributed by atoms with E-state index in [1.165, 1.54) is 0 Å². The molecule has 0 aliphatic rings. The van der Waals surface area contributed by atoms with Crippen LogP contribution in [0.3, 0.4) is 0 Å². The Morgan fingerprint density at radius 2 is 2.10 bits per heavy atom. The van der Waals surface area contributed by atoms with Crippen molar-refractivity contribution < 1.29 is 9.26 Å². The van der Waals surface area contributed by atoms with Gasteiger partial charge in [0.15, 0.2) is 0 Å². The highest BCUT2D eigenvalue weighted by Crippen LogP contribution is 2.34. The normalized spacial score (nSPS) is 11.1. The number of hydrogen-bond acceptors (Lipinski definition) is 4. The second kappa shape index (κ2) is 5.99. The first-order chi connectivity index (χ1) is 9.56. The molecule has 1 heterocycles. The average molecular weight is 274 g/mol. The van der Waals surface area contributed by atoms with Gasteiger partial charge in [0, 0.05) is 0 Å². The van der Waals surface area contributed by atoms with Gasteiger partial charge in [-0.05, 0) is 42.0 Å². The lowest BCUT2D eigenvalue weighted by Crippen LogP contribution is -1.98. The van der Waals surface area contributed by atoms with Gasteiger partial charge in [-0.15, -0.1) is 0 Å². The van der Waals surface area contributed by atoms with Crippen LogP contribution in [0.25, 0.3) is 11.1 Å². The predicted octanol–water partition coefficient (Wildman–Crippen LogP) is 3.69. The van der Waals surface area contributed by atoms with Crippen LogP contribution >= 0.6 is 0 Å². The quantitative estimate of drug-likeness (QED) is 0.903. The number of nitrogens with two attached hydrogens (primary N) is 1. The maximum absolute atomic E-state index is 5.95. The van der Waals surface area contributed by atoms with E-state index in [1.807, 2.05) is 12.1 Å². The van der Waals surface area contributed by atoms with E-state index in [2.05, 4.69) is 32.0 Å². The van der Waals surface area contributed by atoms with Crippen LogP contribution in [0.4, 0.5) is 5.88 Å². The number of aryl methyl sites for hydroxylation is 1. The summed E-state index contributed by atoms with van der Waals surface area (Å²) in [4.78, 5) is 0. The van der Waals surface area contributed by atoms with E-state index >= 15 is 0 Å². The Bertz CT molecular complexity index is 588. The SMILES string of the molecule is CCc1cc(-c2c(CC(C)C)noc2N)ccc1OC. The fourth-order valence-corrected chi connectivity index (χ4v) is 2.38. The van der Waals surface area contributed by atoms with E-state index < -0.39 is 0 Å². The predicted molar refractivity (Wildman–Crippen MR) is 80.8 cm³/mol. The fraction of sp³-hybridized carbons (Fsp3) is 0.438. The first-order valence-electron chi connectivity index (χ1n) is 6.98. The molecule has 0 amide bonds. The Morgan fingerprint density at radius 1 is 1.35 bits per heavy atom. The molecule has 108 valence electrons. The van der Waals surface area contributed by atoms with Gasteiger partial charge in [0.25, 0.3) is 0 Å². The molecule has 2 aromatic rings. The van der Waals surface area contributed by atoms with Crippen molar-refractivity contribution >= 4 is 5.88 Å². The van der Waals surface area contributed by atoms with Crippen LogP contribution in [0, 0.1) is 5.92 Å². The maximum atomic E-state index is 5.95. The van der Waals surface area contributed by atoms with E-state index in [9.17, 15) is 0 Å². The highest BCUT2D eigenvalue weighted by Gasteiger charge is 2.17. The van der Waals surface area contributed by atoms with Gasteiger partial charge in [0.2, 0.25) is 5.88 Å². The number of nitrogens with zero attached hydrogens (tertiary/aromatic N) is 1. The lowest BCUT2D eigenvalue weighted by atomic mass is 9.97. The highest BCUT2D eigenvalue weighted by atomic mass is 16.5. The number of nitrogen functional groups attached to an aromatic ring is 1. The summed E-state index contributed by atoms with van der Waals surface area (Å²) in [6, 6.07) is 6.08. The lowest BCUT2D eigenvalue weighted by molar-refractivity contribution is 0.410. The fourth-order valence-electron chi connectivity index (χ4n) is 2.38. The van der Waals surface area contributed by atoms with Crippen LogP contribution in [0.1, 0.15) is 32.0 Å². The van der Waals surface area contributed by atoms with Gasteiger partial charge < -0.3 is 15.0 Å². The van der Waals surface area contributed by atoms with Gasteiger partial charge in [-0.25, -0.2) is 0 Å². The summed E-state index contributed by atoms with van der Waals surface area (Å²) < 4.78 is 10.5. The largest absolute Gasteiger partial charge is 0.496 e. The maximum Gasteiger partial charge on any atom is 0.230 e. The molecule has 2 N–H and O–H groups in total. The van der Waals surface area contributed by atoms with Gasteiger partial charge in [0.05, 0.1) is 18.4 Å². The molecule has 0 spiro atoms. The van der Waals surface area contributed by atoms with Gasteiger partial charge in [-0.3, -0.25) is 0 Å². The Balaban J connectivity index is 2.48. The molecular weight excluding hydrogens is 252 g/mol. The molecule has 0 radical (unpaired) electrons. The van der Waals surface area contributed by atoms with E-state index in [0.29, 0.717) is 11.8 Å². The van der Waals surface area contributed by atoms with Crippen molar-refractivity contribution in [2.24, 2.45) is 5.92 Å². The topological polar surface area (TPSA) is 61.3 Å². The summed E-state index contributed by atoms with van der Waals surface area (Å²) in [6.07, 6.45) is 1.76. The van der Waals surface area contributed by atoms with Crippen molar-refractivity contribution in [2.45, 2.75) is 33.6 Å². The minimum absolute atomic E-state index is 0.382. The molecule has 0 saturated carbocycles.